The van der Waals surface area contributed by atoms with Gasteiger partial charge in [-0.3, -0.25) is 0 Å². The van der Waals surface area contributed by atoms with Crippen LogP contribution in [0.3, 0.4) is 0 Å². The van der Waals surface area contributed by atoms with E-state index in [0.717, 1.165) is 26.5 Å². The van der Waals surface area contributed by atoms with Crippen molar-refractivity contribution in [1.29, 1.82) is 0 Å². The summed E-state index contributed by atoms with van der Waals surface area (Å²) in [5.74, 6) is 0. The zero-order valence-electron chi connectivity index (χ0n) is 7.37. The van der Waals surface area contributed by atoms with E-state index in [4.69, 9.17) is 11.6 Å². The van der Waals surface area contributed by atoms with Crippen molar-refractivity contribution in [2.75, 3.05) is 0 Å². The molecule has 2 rings (SSSR count). The molecule has 2 aromatic rings. The molecule has 0 unspecified atom stereocenters. The number of hydrogen-bond donors (Lipinski definition) is 0. The van der Waals surface area contributed by atoms with Crippen molar-refractivity contribution in [2.24, 2.45) is 0 Å². The molecule has 14 heavy (non-hydrogen) atoms. The molecule has 0 aliphatic heterocycles. The molecular formula is C10H8ClNOS. The quantitative estimate of drug-likeness (QED) is 0.752. The molecule has 0 N–H and O–H groups in total. The molecule has 2 nitrogen and oxygen atoms in total. The second-order valence-electron chi connectivity index (χ2n) is 2.90. The number of nitrogens with zero attached hydrogens (tertiary/aromatic N) is 1. The SMILES string of the molecule is O=CCCc1nc2cccc(Cl)c2s1. The van der Waals surface area contributed by atoms with Gasteiger partial charge in [0.25, 0.3) is 0 Å². The van der Waals surface area contributed by atoms with Crippen LogP contribution in [-0.2, 0) is 11.2 Å². The number of benzene rings is 1. The number of thiazole rings is 1. The van der Waals surface area contributed by atoms with Crippen molar-refractivity contribution in [3.05, 3.63) is 28.2 Å². The van der Waals surface area contributed by atoms with Crippen LogP contribution in [0.1, 0.15) is 11.4 Å². The Morgan fingerprint density at radius 2 is 2.36 bits per heavy atom. The number of carbonyl (C=O) groups excluding carboxylic acids is 1. The number of rotatable bonds is 3. The van der Waals surface area contributed by atoms with Gasteiger partial charge in [-0.15, -0.1) is 11.3 Å². The molecule has 4 heteroatoms. The number of halogens is 1. The largest absolute Gasteiger partial charge is 0.303 e. The van der Waals surface area contributed by atoms with Gasteiger partial charge < -0.3 is 4.79 Å². The van der Waals surface area contributed by atoms with E-state index in [1.807, 2.05) is 18.2 Å². The summed E-state index contributed by atoms with van der Waals surface area (Å²) in [6, 6.07) is 5.67. The lowest BCUT2D eigenvalue weighted by Crippen LogP contribution is -1.83. The Hall–Kier alpha value is -0.930. The molecule has 0 spiro atoms. The minimum absolute atomic E-state index is 0.525. The standard InChI is InChI=1S/C10H8ClNOS/c11-7-3-1-4-8-10(7)14-9(12-8)5-2-6-13/h1,3-4,6H,2,5H2. The van der Waals surface area contributed by atoms with E-state index in [9.17, 15) is 4.79 Å². The Morgan fingerprint density at radius 3 is 3.07 bits per heavy atom. The minimum Gasteiger partial charge on any atom is -0.303 e. The molecule has 0 atom stereocenters. The molecule has 1 heterocycles. The van der Waals surface area contributed by atoms with E-state index in [-0.39, 0.29) is 0 Å². The summed E-state index contributed by atoms with van der Waals surface area (Å²) in [6.07, 6.45) is 2.14. The highest BCUT2D eigenvalue weighted by molar-refractivity contribution is 7.19. The van der Waals surface area contributed by atoms with E-state index in [1.54, 1.807) is 11.3 Å². The first-order valence-electron chi connectivity index (χ1n) is 4.29. The molecule has 72 valence electrons. The van der Waals surface area contributed by atoms with Crippen LogP contribution in [0.4, 0.5) is 0 Å². The molecule has 0 bridgehead atoms. The minimum atomic E-state index is 0.525. The van der Waals surface area contributed by atoms with Crippen molar-refractivity contribution in [3.63, 3.8) is 0 Å². The third kappa shape index (κ3) is 1.79. The maximum absolute atomic E-state index is 10.2. The summed E-state index contributed by atoms with van der Waals surface area (Å²) in [7, 11) is 0. The van der Waals surface area contributed by atoms with Crippen LogP contribution in [-0.4, -0.2) is 11.3 Å². The van der Waals surface area contributed by atoms with Gasteiger partial charge >= 0.3 is 0 Å². The summed E-state index contributed by atoms with van der Waals surface area (Å²) in [6.45, 7) is 0. The fourth-order valence-electron chi connectivity index (χ4n) is 1.25. The van der Waals surface area contributed by atoms with E-state index in [0.29, 0.717) is 12.8 Å². The normalized spacial score (nSPS) is 10.6. The first-order valence-corrected chi connectivity index (χ1v) is 5.48. The molecule has 0 aliphatic carbocycles. The maximum Gasteiger partial charge on any atom is 0.120 e. The van der Waals surface area contributed by atoms with Gasteiger partial charge in [-0.1, -0.05) is 17.7 Å². The van der Waals surface area contributed by atoms with Gasteiger partial charge in [0.1, 0.15) is 6.29 Å². The molecule has 1 aromatic heterocycles. The predicted molar refractivity (Wildman–Crippen MR) is 59.0 cm³/mol. The number of aryl methyl sites for hydroxylation is 1. The zero-order valence-corrected chi connectivity index (χ0v) is 8.94. The fraction of sp³-hybridized carbons (Fsp3) is 0.200. The van der Waals surface area contributed by atoms with Crippen LogP contribution in [0.15, 0.2) is 18.2 Å². The number of hydrogen-bond acceptors (Lipinski definition) is 3. The number of carbonyl (C=O) groups is 1. The lowest BCUT2D eigenvalue weighted by molar-refractivity contribution is -0.107. The highest BCUT2D eigenvalue weighted by Gasteiger charge is 2.05. The average molecular weight is 226 g/mol. The second kappa shape index (κ2) is 4.07. The first kappa shape index (κ1) is 9.62. The maximum atomic E-state index is 10.2. The van der Waals surface area contributed by atoms with Crippen LogP contribution in [0, 0.1) is 0 Å². The average Bonchev–Trinajstić information content (AvgIpc) is 2.59. The van der Waals surface area contributed by atoms with Gasteiger partial charge in [0.2, 0.25) is 0 Å². The lowest BCUT2D eigenvalue weighted by atomic mass is 10.3. The Bertz CT molecular complexity index is 466. The molecular weight excluding hydrogens is 218 g/mol. The van der Waals surface area contributed by atoms with E-state index in [1.165, 1.54) is 0 Å². The number of aldehydes is 1. The topological polar surface area (TPSA) is 30.0 Å². The smallest absolute Gasteiger partial charge is 0.120 e. The van der Waals surface area contributed by atoms with E-state index in [2.05, 4.69) is 4.98 Å². The highest BCUT2D eigenvalue weighted by Crippen LogP contribution is 2.29. The van der Waals surface area contributed by atoms with Gasteiger partial charge in [0.05, 0.1) is 20.2 Å². The first-order chi connectivity index (χ1) is 6.81. The van der Waals surface area contributed by atoms with Crippen molar-refractivity contribution >= 4 is 39.4 Å². The summed E-state index contributed by atoms with van der Waals surface area (Å²) in [5, 5.41) is 1.71. The summed E-state index contributed by atoms with van der Waals surface area (Å²) >= 11 is 7.57. The van der Waals surface area contributed by atoms with Crippen molar-refractivity contribution in [1.82, 2.24) is 4.98 Å². The number of fused-ring (bicyclic) bond motifs is 1. The monoisotopic (exact) mass is 225 g/mol. The lowest BCUT2D eigenvalue weighted by Gasteiger charge is -1.87. The van der Waals surface area contributed by atoms with Gasteiger partial charge in [-0.25, -0.2) is 4.98 Å². The molecule has 0 saturated carbocycles. The van der Waals surface area contributed by atoms with Crippen LogP contribution in [0.2, 0.25) is 5.02 Å². The van der Waals surface area contributed by atoms with Gasteiger partial charge in [-0.2, -0.15) is 0 Å². The van der Waals surface area contributed by atoms with Crippen molar-refractivity contribution < 1.29 is 4.79 Å². The Kier molecular flexibility index (Phi) is 2.79. The van der Waals surface area contributed by atoms with E-state index >= 15 is 0 Å². The zero-order chi connectivity index (χ0) is 9.97. The van der Waals surface area contributed by atoms with Crippen molar-refractivity contribution in [2.45, 2.75) is 12.8 Å². The van der Waals surface area contributed by atoms with Gasteiger partial charge in [0.15, 0.2) is 0 Å². The van der Waals surface area contributed by atoms with Crippen LogP contribution in [0.5, 0.6) is 0 Å². The van der Waals surface area contributed by atoms with E-state index < -0.39 is 0 Å². The van der Waals surface area contributed by atoms with Crippen LogP contribution >= 0.6 is 22.9 Å². The van der Waals surface area contributed by atoms with Crippen LogP contribution < -0.4 is 0 Å². The molecule has 0 radical (unpaired) electrons. The molecule has 0 aliphatic rings. The third-order valence-corrected chi connectivity index (χ3v) is 3.48. The molecule has 0 saturated heterocycles. The van der Waals surface area contributed by atoms with Gasteiger partial charge in [0, 0.05) is 12.8 Å². The summed E-state index contributed by atoms with van der Waals surface area (Å²) in [4.78, 5) is 14.6. The summed E-state index contributed by atoms with van der Waals surface area (Å²) in [5.41, 5.74) is 0.920. The van der Waals surface area contributed by atoms with Crippen molar-refractivity contribution in [3.8, 4) is 0 Å². The summed E-state index contributed by atoms with van der Waals surface area (Å²) < 4.78 is 1.01. The van der Waals surface area contributed by atoms with Crippen LogP contribution in [0.25, 0.3) is 10.2 Å². The third-order valence-electron chi connectivity index (χ3n) is 1.89. The Labute approximate surface area is 90.5 Å². The molecule has 0 fully saturated rings. The fourth-order valence-corrected chi connectivity index (χ4v) is 2.52. The predicted octanol–water partition coefficient (Wildman–Crippen LogP) is 3.08. The molecule has 1 aromatic carbocycles. The Balaban J connectivity index is 2.41. The second-order valence-corrected chi connectivity index (χ2v) is 4.39. The highest BCUT2D eigenvalue weighted by atomic mass is 35.5. The molecule has 0 amide bonds. The number of aromatic nitrogens is 1. The Morgan fingerprint density at radius 1 is 1.50 bits per heavy atom. The van der Waals surface area contributed by atoms with Gasteiger partial charge in [-0.05, 0) is 12.1 Å².